The molecule has 3 heteroatoms. The molecular formula is C14H22N2O. The normalized spacial score (nSPS) is 25.9. The highest BCUT2D eigenvalue weighted by Crippen LogP contribution is 2.41. The number of aryl methyl sites for hydroxylation is 1. The van der Waals surface area contributed by atoms with Gasteiger partial charge in [0.1, 0.15) is 5.76 Å². The number of nitrogens with two attached hydrogens (primary N) is 1. The Morgan fingerprint density at radius 2 is 2.29 bits per heavy atom. The quantitative estimate of drug-likeness (QED) is 0.869. The van der Waals surface area contributed by atoms with Crippen LogP contribution in [0.25, 0.3) is 0 Å². The van der Waals surface area contributed by atoms with Crippen LogP contribution in [0.1, 0.15) is 43.0 Å². The van der Waals surface area contributed by atoms with Crippen LogP contribution in [-0.4, -0.2) is 24.5 Å². The van der Waals surface area contributed by atoms with E-state index >= 15 is 0 Å². The maximum Gasteiger partial charge on any atom is 0.108 e. The Labute approximate surface area is 103 Å². The third-order valence-electron chi connectivity index (χ3n) is 4.44. The summed E-state index contributed by atoms with van der Waals surface area (Å²) in [4.78, 5) is 2.51. The second kappa shape index (κ2) is 4.46. The Bertz CT molecular complexity index is 383. The standard InChI is InChI=1S/C14H22N2O/c1-16(13(9-15)10-5-6-10)12-3-2-4-14-11(12)7-8-17-14/h7-8,10,12-13H,2-6,9,15H2,1H3. The topological polar surface area (TPSA) is 42.4 Å². The highest BCUT2D eigenvalue weighted by atomic mass is 16.3. The zero-order chi connectivity index (χ0) is 11.8. The summed E-state index contributed by atoms with van der Waals surface area (Å²) in [6.07, 6.45) is 8.13. The lowest BCUT2D eigenvalue weighted by atomic mass is 9.91. The predicted molar refractivity (Wildman–Crippen MR) is 67.7 cm³/mol. The Morgan fingerprint density at radius 3 is 3.00 bits per heavy atom. The van der Waals surface area contributed by atoms with E-state index in [4.69, 9.17) is 10.2 Å². The van der Waals surface area contributed by atoms with E-state index in [-0.39, 0.29) is 0 Å². The SMILES string of the molecule is CN(C1CCCc2occc21)C(CN)C1CC1. The summed E-state index contributed by atoms with van der Waals surface area (Å²) >= 11 is 0. The van der Waals surface area contributed by atoms with Gasteiger partial charge in [-0.3, -0.25) is 4.90 Å². The maximum atomic E-state index is 5.95. The van der Waals surface area contributed by atoms with E-state index in [1.54, 1.807) is 0 Å². The Balaban J connectivity index is 1.80. The van der Waals surface area contributed by atoms with E-state index in [0.29, 0.717) is 12.1 Å². The molecule has 1 heterocycles. The van der Waals surface area contributed by atoms with E-state index in [2.05, 4.69) is 18.0 Å². The average Bonchev–Trinajstić information content (AvgIpc) is 3.06. The van der Waals surface area contributed by atoms with E-state index in [1.165, 1.54) is 37.0 Å². The Kier molecular flexibility index (Phi) is 2.97. The van der Waals surface area contributed by atoms with Crippen molar-refractivity contribution < 1.29 is 4.42 Å². The predicted octanol–water partition coefficient (Wildman–Crippen LogP) is 2.33. The molecule has 17 heavy (non-hydrogen) atoms. The number of hydrogen-bond acceptors (Lipinski definition) is 3. The molecule has 2 N–H and O–H groups in total. The van der Waals surface area contributed by atoms with Gasteiger partial charge in [-0.15, -0.1) is 0 Å². The molecule has 3 rings (SSSR count). The third kappa shape index (κ3) is 2.02. The fourth-order valence-corrected chi connectivity index (χ4v) is 3.29. The van der Waals surface area contributed by atoms with Gasteiger partial charge in [-0.25, -0.2) is 0 Å². The summed E-state index contributed by atoms with van der Waals surface area (Å²) in [7, 11) is 2.24. The van der Waals surface area contributed by atoms with Gasteiger partial charge in [-0.2, -0.15) is 0 Å². The molecule has 1 aromatic rings. The molecule has 0 bridgehead atoms. The molecule has 0 radical (unpaired) electrons. The molecule has 2 unspecified atom stereocenters. The van der Waals surface area contributed by atoms with Crippen LogP contribution in [0, 0.1) is 5.92 Å². The summed E-state index contributed by atoms with van der Waals surface area (Å²) in [6, 6.07) is 3.23. The van der Waals surface area contributed by atoms with Crippen LogP contribution in [0.3, 0.4) is 0 Å². The van der Waals surface area contributed by atoms with Crippen molar-refractivity contribution in [3.63, 3.8) is 0 Å². The summed E-state index contributed by atoms with van der Waals surface area (Å²) in [5.41, 5.74) is 7.35. The molecule has 3 nitrogen and oxygen atoms in total. The minimum atomic E-state index is 0.520. The number of nitrogens with zero attached hydrogens (tertiary/aromatic N) is 1. The fourth-order valence-electron chi connectivity index (χ4n) is 3.29. The molecule has 2 aliphatic rings. The number of rotatable bonds is 4. The van der Waals surface area contributed by atoms with E-state index < -0.39 is 0 Å². The Morgan fingerprint density at radius 1 is 1.47 bits per heavy atom. The van der Waals surface area contributed by atoms with Crippen molar-refractivity contribution in [1.82, 2.24) is 4.90 Å². The molecule has 2 atom stereocenters. The summed E-state index contributed by atoms with van der Waals surface area (Å²) in [6.45, 7) is 0.783. The van der Waals surface area contributed by atoms with Crippen LogP contribution in [0.15, 0.2) is 16.7 Å². The van der Waals surface area contributed by atoms with Gasteiger partial charge < -0.3 is 10.2 Å². The number of furan rings is 1. The van der Waals surface area contributed by atoms with Crippen molar-refractivity contribution in [3.8, 4) is 0 Å². The molecule has 0 saturated heterocycles. The van der Waals surface area contributed by atoms with E-state index in [1.807, 2.05) is 6.26 Å². The van der Waals surface area contributed by atoms with Crippen LogP contribution in [0.2, 0.25) is 0 Å². The largest absolute Gasteiger partial charge is 0.469 e. The molecule has 0 aromatic carbocycles. The first-order valence-electron chi connectivity index (χ1n) is 6.79. The molecule has 1 saturated carbocycles. The van der Waals surface area contributed by atoms with Crippen LogP contribution < -0.4 is 5.73 Å². The number of likely N-dealkylation sites (N-methyl/N-ethyl adjacent to an activating group) is 1. The molecule has 0 aliphatic heterocycles. The van der Waals surface area contributed by atoms with Gasteiger partial charge in [0.15, 0.2) is 0 Å². The lowest BCUT2D eigenvalue weighted by molar-refractivity contribution is 0.142. The van der Waals surface area contributed by atoms with Gasteiger partial charge >= 0.3 is 0 Å². The lowest BCUT2D eigenvalue weighted by Gasteiger charge is -2.36. The average molecular weight is 234 g/mol. The van der Waals surface area contributed by atoms with Crippen molar-refractivity contribution >= 4 is 0 Å². The highest BCUT2D eigenvalue weighted by Gasteiger charge is 2.37. The Hall–Kier alpha value is -0.800. The van der Waals surface area contributed by atoms with Crippen molar-refractivity contribution in [3.05, 3.63) is 23.7 Å². The zero-order valence-corrected chi connectivity index (χ0v) is 10.6. The molecule has 0 amide bonds. The van der Waals surface area contributed by atoms with Gasteiger partial charge in [0, 0.05) is 30.6 Å². The smallest absolute Gasteiger partial charge is 0.108 e. The van der Waals surface area contributed by atoms with Gasteiger partial charge in [0.2, 0.25) is 0 Å². The van der Waals surface area contributed by atoms with Crippen LogP contribution in [0.5, 0.6) is 0 Å². The van der Waals surface area contributed by atoms with Crippen LogP contribution >= 0.6 is 0 Å². The fraction of sp³-hybridized carbons (Fsp3) is 0.714. The molecular weight excluding hydrogens is 212 g/mol. The second-order valence-electron chi connectivity index (χ2n) is 5.51. The first kappa shape index (κ1) is 11.3. The zero-order valence-electron chi connectivity index (χ0n) is 10.6. The molecule has 1 fully saturated rings. The summed E-state index contributed by atoms with van der Waals surface area (Å²) in [5.74, 6) is 2.03. The third-order valence-corrected chi connectivity index (χ3v) is 4.44. The molecule has 0 spiro atoms. The summed E-state index contributed by atoms with van der Waals surface area (Å²) < 4.78 is 5.57. The monoisotopic (exact) mass is 234 g/mol. The second-order valence-corrected chi connectivity index (χ2v) is 5.51. The van der Waals surface area contributed by atoms with Gasteiger partial charge in [0.05, 0.1) is 6.26 Å². The molecule has 94 valence electrons. The van der Waals surface area contributed by atoms with Gasteiger partial charge in [-0.1, -0.05) is 0 Å². The lowest BCUT2D eigenvalue weighted by Crippen LogP contribution is -2.42. The minimum Gasteiger partial charge on any atom is -0.469 e. The van der Waals surface area contributed by atoms with Crippen molar-refractivity contribution in [2.75, 3.05) is 13.6 Å². The first-order chi connectivity index (χ1) is 8.31. The maximum absolute atomic E-state index is 5.95. The van der Waals surface area contributed by atoms with Crippen molar-refractivity contribution in [1.29, 1.82) is 0 Å². The minimum absolute atomic E-state index is 0.520. The van der Waals surface area contributed by atoms with Crippen LogP contribution in [-0.2, 0) is 6.42 Å². The molecule has 2 aliphatic carbocycles. The van der Waals surface area contributed by atoms with Gasteiger partial charge in [0.25, 0.3) is 0 Å². The molecule has 1 aromatic heterocycles. The van der Waals surface area contributed by atoms with Crippen molar-refractivity contribution in [2.45, 2.75) is 44.2 Å². The van der Waals surface area contributed by atoms with E-state index in [0.717, 1.165) is 18.9 Å². The van der Waals surface area contributed by atoms with E-state index in [9.17, 15) is 0 Å². The first-order valence-corrected chi connectivity index (χ1v) is 6.79. The van der Waals surface area contributed by atoms with Gasteiger partial charge in [-0.05, 0) is 44.7 Å². The van der Waals surface area contributed by atoms with Crippen molar-refractivity contribution in [2.24, 2.45) is 11.7 Å². The number of hydrogen-bond donors (Lipinski definition) is 1. The number of fused-ring (bicyclic) bond motifs is 1. The highest BCUT2D eigenvalue weighted by molar-refractivity contribution is 5.24. The summed E-state index contributed by atoms with van der Waals surface area (Å²) in [5, 5.41) is 0. The van der Waals surface area contributed by atoms with Crippen LogP contribution in [0.4, 0.5) is 0 Å².